The maximum Gasteiger partial charge on any atom is 0.0390 e. The van der Waals surface area contributed by atoms with Crippen molar-refractivity contribution in [3.8, 4) is 0 Å². The zero-order valence-corrected chi connectivity index (χ0v) is 9.59. The fraction of sp³-hybridized carbons (Fsp3) is 0.500. The van der Waals surface area contributed by atoms with Crippen LogP contribution >= 0.6 is 0 Å². The number of nitrogens with one attached hydrogen (secondary N) is 1. The van der Waals surface area contributed by atoms with Crippen molar-refractivity contribution < 1.29 is 0 Å². The minimum atomic E-state index is 0.963. The molecule has 0 aliphatic carbocycles. The maximum absolute atomic E-state index is 3.33. The van der Waals surface area contributed by atoms with Gasteiger partial charge in [0, 0.05) is 26.3 Å². The van der Waals surface area contributed by atoms with Crippen LogP contribution in [0.3, 0.4) is 0 Å². The lowest BCUT2D eigenvalue weighted by Crippen LogP contribution is -2.13. The quantitative estimate of drug-likeness (QED) is 0.786. The molecule has 0 fully saturated rings. The molecule has 0 bridgehead atoms. The maximum atomic E-state index is 3.33. The van der Waals surface area contributed by atoms with E-state index in [4.69, 9.17) is 0 Å². The first-order chi connectivity index (χ1) is 6.65. The van der Waals surface area contributed by atoms with E-state index in [1.165, 1.54) is 16.8 Å². The van der Waals surface area contributed by atoms with Gasteiger partial charge >= 0.3 is 0 Å². The summed E-state index contributed by atoms with van der Waals surface area (Å²) in [5, 5.41) is 3.33. The lowest BCUT2D eigenvalue weighted by molar-refractivity contribution is 0.726. The Morgan fingerprint density at radius 2 is 2.00 bits per heavy atom. The molecule has 0 aliphatic heterocycles. The summed E-state index contributed by atoms with van der Waals surface area (Å²) in [6, 6.07) is 6.62. The lowest BCUT2D eigenvalue weighted by Gasteiger charge is -2.16. The van der Waals surface area contributed by atoms with Crippen molar-refractivity contribution in [1.82, 2.24) is 5.32 Å². The van der Waals surface area contributed by atoms with E-state index in [1.807, 2.05) is 0 Å². The molecule has 0 saturated heterocycles. The molecule has 0 aromatic heterocycles. The Balaban J connectivity index is 2.78. The standard InChI is InChI=1S/C12H20N2/c1-5-13-9-11-6-7-12(14(3)4)10(2)8-11/h6-8,13H,5,9H2,1-4H3. The normalized spacial score (nSPS) is 10.3. The van der Waals surface area contributed by atoms with Gasteiger partial charge in [0.1, 0.15) is 0 Å². The first kappa shape index (κ1) is 11.1. The summed E-state index contributed by atoms with van der Waals surface area (Å²) in [6.45, 7) is 6.27. The Kier molecular flexibility index (Phi) is 3.96. The molecule has 1 N–H and O–H groups in total. The zero-order valence-electron chi connectivity index (χ0n) is 9.59. The minimum absolute atomic E-state index is 0.963. The SMILES string of the molecule is CCNCc1ccc(N(C)C)c(C)c1. The molecule has 14 heavy (non-hydrogen) atoms. The summed E-state index contributed by atoms with van der Waals surface area (Å²) >= 11 is 0. The van der Waals surface area contributed by atoms with E-state index < -0.39 is 0 Å². The van der Waals surface area contributed by atoms with Gasteiger partial charge in [0.15, 0.2) is 0 Å². The molecule has 1 aromatic carbocycles. The van der Waals surface area contributed by atoms with Gasteiger partial charge in [-0.25, -0.2) is 0 Å². The summed E-state index contributed by atoms with van der Waals surface area (Å²) in [7, 11) is 4.15. The highest BCUT2D eigenvalue weighted by molar-refractivity contribution is 5.53. The fourth-order valence-electron chi connectivity index (χ4n) is 1.60. The van der Waals surface area contributed by atoms with Crippen LogP contribution in [0.4, 0.5) is 5.69 Å². The molecule has 78 valence electrons. The minimum Gasteiger partial charge on any atom is -0.377 e. The zero-order chi connectivity index (χ0) is 10.6. The predicted octanol–water partition coefficient (Wildman–Crippen LogP) is 2.17. The van der Waals surface area contributed by atoms with Crippen molar-refractivity contribution in [3.63, 3.8) is 0 Å². The van der Waals surface area contributed by atoms with Gasteiger partial charge in [0.25, 0.3) is 0 Å². The first-order valence-corrected chi connectivity index (χ1v) is 5.12. The van der Waals surface area contributed by atoms with Gasteiger partial charge < -0.3 is 10.2 Å². The molecule has 1 rings (SSSR count). The third-order valence-electron chi connectivity index (χ3n) is 2.32. The Labute approximate surface area is 86.9 Å². The first-order valence-electron chi connectivity index (χ1n) is 5.12. The molecule has 0 amide bonds. The van der Waals surface area contributed by atoms with Gasteiger partial charge in [0.05, 0.1) is 0 Å². The Hall–Kier alpha value is -1.02. The molecule has 2 nitrogen and oxygen atoms in total. The average Bonchev–Trinajstić information content (AvgIpc) is 2.14. The molecule has 1 aromatic rings. The molecule has 0 spiro atoms. The molecular formula is C12H20N2. The van der Waals surface area contributed by atoms with E-state index in [9.17, 15) is 0 Å². The van der Waals surface area contributed by atoms with Crippen LogP contribution in [0.1, 0.15) is 18.1 Å². The van der Waals surface area contributed by atoms with Gasteiger partial charge in [-0.1, -0.05) is 19.1 Å². The Morgan fingerprint density at radius 3 is 2.50 bits per heavy atom. The van der Waals surface area contributed by atoms with Crippen molar-refractivity contribution in [3.05, 3.63) is 29.3 Å². The van der Waals surface area contributed by atoms with Crippen LogP contribution < -0.4 is 10.2 Å². The third kappa shape index (κ3) is 2.74. The number of benzene rings is 1. The van der Waals surface area contributed by atoms with E-state index in [0.717, 1.165) is 13.1 Å². The smallest absolute Gasteiger partial charge is 0.0390 e. The van der Waals surface area contributed by atoms with Crippen LogP contribution in [0.2, 0.25) is 0 Å². The number of anilines is 1. The van der Waals surface area contributed by atoms with Crippen LogP contribution in [-0.2, 0) is 6.54 Å². The van der Waals surface area contributed by atoms with Crippen molar-refractivity contribution in [1.29, 1.82) is 0 Å². The van der Waals surface area contributed by atoms with Gasteiger partial charge in [0.2, 0.25) is 0 Å². The van der Waals surface area contributed by atoms with Gasteiger partial charge in [-0.2, -0.15) is 0 Å². The van der Waals surface area contributed by atoms with E-state index >= 15 is 0 Å². The van der Waals surface area contributed by atoms with Crippen molar-refractivity contribution in [2.24, 2.45) is 0 Å². The highest BCUT2D eigenvalue weighted by Gasteiger charge is 2.00. The van der Waals surface area contributed by atoms with Crippen LogP contribution in [0, 0.1) is 6.92 Å². The lowest BCUT2D eigenvalue weighted by atomic mass is 10.1. The number of hydrogen-bond acceptors (Lipinski definition) is 2. The van der Waals surface area contributed by atoms with Crippen LogP contribution in [0.5, 0.6) is 0 Å². The van der Waals surface area contributed by atoms with E-state index in [2.05, 4.69) is 56.4 Å². The summed E-state index contributed by atoms with van der Waals surface area (Å²) < 4.78 is 0. The Bertz CT molecular complexity index is 292. The van der Waals surface area contributed by atoms with Crippen molar-refractivity contribution >= 4 is 5.69 Å². The van der Waals surface area contributed by atoms with Crippen LogP contribution in [-0.4, -0.2) is 20.6 Å². The van der Waals surface area contributed by atoms with Gasteiger partial charge in [-0.05, 0) is 30.7 Å². The van der Waals surface area contributed by atoms with Gasteiger partial charge in [-0.3, -0.25) is 0 Å². The number of nitrogens with zero attached hydrogens (tertiary/aromatic N) is 1. The van der Waals surface area contributed by atoms with E-state index in [-0.39, 0.29) is 0 Å². The summed E-state index contributed by atoms with van der Waals surface area (Å²) in [6.07, 6.45) is 0. The summed E-state index contributed by atoms with van der Waals surface area (Å²) in [5.41, 5.74) is 3.99. The van der Waals surface area contributed by atoms with Crippen LogP contribution in [0.15, 0.2) is 18.2 Å². The predicted molar refractivity (Wildman–Crippen MR) is 62.9 cm³/mol. The van der Waals surface area contributed by atoms with Gasteiger partial charge in [-0.15, -0.1) is 0 Å². The van der Waals surface area contributed by atoms with Crippen molar-refractivity contribution in [2.75, 3.05) is 25.5 Å². The molecule has 0 aliphatic rings. The largest absolute Gasteiger partial charge is 0.377 e. The monoisotopic (exact) mass is 192 g/mol. The second-order valence-electron chi connectivity index (χ2n) is 3.80. The number of aryl methyl sites for hydroxylation is 1. The topological polar surface area (TPSA) is 15.3 Å². The highest BCUT2D eigenvalue weighted by atomic mass is 15.1. The average molecular weight is 192 g/mol. The molecule has 2 heteroatoms. The third-order valence-corrected chi connectivity index (χ3v) is 2.32. The van der Waals surface area contributed by atoms with E-state index in [0.29, 0.717) is 0 Å². The number of rotatable bonds is 4. The molecule has 0 heterocycles. The summed E-state index contributed by atoms with van der Waals surface area (Å²) in [5.74, 6) is 0. The van der Waals surface area contributed by atoms with E-state index in [1.54, 1.807) is 0 Å². The number of hydrogen-bond donors (Lipinski definition) is 1. The fourth-order valence-corrected chi connectivity index (χ4v) is 1.60. The van der Waals surface area contributed by atoms with Crippen molar-refractivity contribution in [2.45, 2.75) is 20.4 Å². The molecule has 0 saturated carbocycles. The molecular weight excluding hydrogens is 172 g/mol. The highest BCUT2D eigenvalue weighted by Crippen LogP contribution is 2.18. The second-order valence-corrected chi connectivity index (χ2v) is 3.80. The Morgan fingerprint density at radius 1 is 1.29 bits per heavy atom. The molecule has 0 atom stereocenters. The van der Waals surface area contributed by atoms with Crippen LogP contribution in [0.25, 0.3) is 0 Å². The second kappa shape index (κ2) is 5.01. The molecule has 0 radical (unpaired) electrons. The summed E-state index contributed by atoms with van der Waals surface area (Å²) in [4.78, 5) is 2.15. The molecule has 0 unspecified atom stereocenters.